The van der Waals surface area contributed by atoms with Gasteiger partial charge in [0, 0.05) is 34.6 Å². The van der Waals surface area contributed by atoms with Crippen molar-refractivity contribution in [2.75, 3.05) is 13.3 Å². The van der Waals surface area contributed by atoms with Crippen LogP contribution in [0.15, 0.2) is 0 Å². The van der Waals surface area contributed by atoms with E-state index in [2.05, 4.69) is 0 Å². The molecule has 0 bridgehead atoms. The first-order valence-electron chi connectivity index (χ1n) is 8.66. The first kappa shape index (κ1) is 24.6. The normalized spacial score (nSPS) is 31.2. The van der Waals surface area contributed by atoms with Crippen LogP contribution in [0, 0.1) is 0 Å². The number of rotatable bonds is 6. The molecule has 29 heavy (non-hydrogen) atoms. The van der Waals surface area contributed by atoms with Gasteiger partial charge in [-0.2, -0.15) is 0 Å². The van der Waals surface area contributed by atoms with Crippen LogP contribution in [0.5, 0.6) is 0 Å². The van der Waals surface area contributed by atoms with E-state index in [9.17, 15) is 28.5 Å². The van der Waals surface area contributed by atoms with Gasteiger partial charge in [0.1, 0.15) is 13.7 Å². The van der Waals surface area contributed by atoms with Gasteiger partial charge >= 0.3 is 29.8 Å². The molecule has 0 amide bonds. The Hall–Kier alpha value is -2.42. The van der Waals surface area contributed by atoms with Gasteiger partial charge < -0.3 is 28.2 Å². The molecule has 0 spiro atoms. The molecule has 0 radical (unpaired) electrons. The zero-order valence-corrected chi connectivity index (χ0v) is 17.9. The molecule has 1 aliphatic heterocycles. The lowest BCUT2D eigenvalue weighted by Crippen LogP contribution is -2.61. The minimum atomic E-state index is -3.69. The molecule has 0 aromatic heterocycles. The average molecular weight is 436 g/mol. The smallest absolute Gasteiger partial charge is 0.303 e. The van der Waals surface area contributed by atoms with Gasteiger partial charge in [0.05, 0.1) is 5.66 Å². The van der Waals surface area contributed by atoms with Gasteiger partial charge in [0.2, 0.25) is 0 Å². The van der Waals surface area contributed by atoms with Gasteiger partial charge in [0.15, 0.2) is 24.2 Å². The Bertz CT molecular complexity index is 731. The van der Waals surface area contributed by atoms with E-state index < -0.39 is 73.4 Å². The topological polar surface area (TPSA) is 149 Å². The van der Waals surface area contributed by atoms with E-state index in [1.807, 2.05) is 0 Å². The van der Waals surface area contributed by atoms with Crippen molar-refractivity contribution in [2.24, 2.45) is 0 Å². The van der Waals surface area contributed by atoms with Crippen LogP contribution in [0.4, 0.5) is 0 Å². The maximum absolute atomic E-state index is 13.7. The highest BCUT2D eigenvalue weighted by atomic mass is 31.2. The Kier molecular flexibility index (Phi) is 8.37. The molecular weight excluding hydrogens is 411 g/mol. The van der Waals surface area contributed by atoms with Gasteiger partial charge in [-0.25, -0.2) is 0 Å². The molecule has 0 aromatic carbocycles. The van der Waals surface area contributed by atoms with E-state index in [1.165, 1.54) is 6.66 Å². The SMILES string of the molecule is CC(=O)OC[C@@H]1[C@@H](OC(C)=O)[C@H](OC(C)=O)[C@H](OC(C)=O)[C@@H](OC(C)=O)P1(C)=O. The van der Waals surface area contributed by atoms with Crippen molar-refractivity contribution in [1.82, 2.24) is 0 Å². The molecule has 0 N–H and O–H groups in total. The van der Waals surface area contributed by atoms with E-state index in [0.717, 1.165) is 34.6 Å². The van der Waals surface area contributed by atoms with Gasteiger partial charge in [-0.15, -0.1) is 0 Å². The van der Waals surface area contributed by atoms with Crippen LogP contribution in [0.2, 0.25) is 0 Å². The van der Waals surface area contributed by atoms with E-state index in [0.29, 0.717) is 0 Å². The van der Waals surface area contributed by atoms with E-state index in [1.54, 1.807) is 0 Å². The summed E-state index contributed by atoms with van der Waals surface area (Å²) >= 11 is 0. The zero-order chi connectivity index (χ0) is 22.5. The maximum Gasteiger partial charge on any atom is 0.303 e. The summed E-state index contributed by atoms with van der Waals surface area (Å²) in [5.74, 6) is -5.47. The van der Waals surface area contributed by atoms with Crippen molar-refractivity contribution in [2.45, 2.75) is 64.4 Å². The van der Waals surface area contributed by atoms with Crippen molar-refractivity contribution in [1.29, 1.82) is 0 Å². The minimum Gasteiger partial charge on any atom is -0.465 e. The van der Waals surface area contributed by atoms with Gasteiger partial charge in [-0.05, 0) is 6.66 Å². The summed E-state index contributed by atoms with van der Waals surface area (Å²) in [4.78, 5) is 57.9. The minimum absolute atomic E-state index is 0.469. The highest BCUT2D eigenvalue weighted by Gasteiger charge is 2.61. The molecule has 0 aromatic rings. The Morgan fingerprint density at radius 3 is 1.48 bits per heavy atom. The van der Waals surface area contributed by atoms with Crippen LogP contribution in [0.3, 0.4) is 0 Å². The van der Waals surface area contributed by atoms with Crippen LogP contribution in [-0.2, 0) is 52.2 Å². The fraction of sp³-hybridized carbons (Fsp3) is 0.706. The number of hydrogen-bond acceptors (Lipinski definition) is 11. The predicted molar refractivity (Wildman–Crippen MR) is 96.2 cm³/mol. The summed E-state index contributed by atoms with van der Waals surface area (Å²) < 4.78 is 39.4. The molecular formula is C17H25O11P. The van der Waals surface area contributed by atoms with E-state index in [-0.39, 0.29) is 0 Å². The third-order valence-corrected chi connectivity index (χ3v) is 7.29. The summed E-state index contributed by atoms with van der Waals surface area (Å²) in [6, 6.07) is 0. The molecule has 1 aliphatic rings. The van der Waals surface area contributed by atoms with Gasteiger partial charge in [0.25, 0.3) is 0 Å². The lowest BCUT2D eigenvalue weighted by molar-refractivity contribution is -0.197. The number of esters is 5. The Balaban J connectivity index is 3.59. The van der Waals surface area contributed by atoms with Crippen LogP contribution in [0.25, 0.3) is 0 Å². The molecule has 6 atom stereocenters. The fourth-order valence-electron chi connectivity index (χ4n) is 3.11. The lowest BCUT2D eigenvalue weighted by Gasteiger charge is -2.47. The highest BCUT2D eigenvalue weighted by molar-refractivity contribution is 7.64. The molecule has 1 unspecified atom stereocenters. The van der Waals surface area contributed by atoms with Crippen molar-refractivity contribution < 1.29 is 52.2 Å². The molecule has 1 rings (SSSR count). The largest absolute Gasteiger partial charge is 0.465 e. The second kappa shape index (κ2) is 9.87. The third kappa shape index (κ3) is 6.56. The quantitative estimate of drug-likeness (QED) is 0.327. The molecule has 0 aliphatic carbocycles. The predicted octanol–water partition coefficient (Wildman–Crippen LogP) is 0.609. The average Bonchev–Trinajstić information content (AvgIpc) is 2.52. The van der Waals surface area contributed by atoms with Crippen LogP contribution in [0.1, 0.15) is 34.6 Å². The van der Waals surface area contributed by atoms with Crippen molar-refractivity contribution in [3.05, 3.63) is 0 Å². The molecule has 11 nitrogen and oxygen atoms in total. The fourth-order valence-corrected chi connectivity index (χ4v) is 5.84. The van der Waals surface area contributed by atoms with E-state index >= 15 is 0 Å². The summed E-state index contributed by atoms with van der Waals surface area (Å²) in [5.41, 5.74) is -1.18. The number of ether oxygens (including phenoxy) is 5. The number of hydrogen-bond donors (Lipinski definition) is 0. The maximum atomic E-state index is 13.7. The third-order valence-electron chi connectivity index (χ3n) is 4.12. The molecule has 0 saturated carbocycles. The molecule has 1 heterocycles. The highest BCUT2D eigenvalue weighted by Crippen LogP contribution is 2.60. The summed E-state index contributed by atoms with van der Waals surface area (Å²) in [6.07, 6.45) is -4.34. The Morgan fingerprint density at radius 2 is 1.07 bits per heavy atom. The van der Waals surface area contributed by atoms with Crippen molar-refractivity contribution >= 4 is 37.0 Å². The number of carbonyl (C=O) groups is 5. The second-order valence-corrected chi connectivity index (χ2v) is 9.94. The van der Waals surface area contributed by atoms with Crippen LogP contribution in [-0.4, -0.2) is 72.9 Å². The Labute approximate surface area is 167 Å². The van der Waals surface area contributed by atoms with E-state index in [4.69, 9.17) is 23.7 Å². The summed E-state index contributed by atoms with van der Waals surface area (Å²) in [5, 5.41) is 0. The van der Waals surface area contributed by atoms with Gasteiger partial charge in [-0.3, -0.25) is 24.0 Å². The molecule has 1 saturated heterocycles. The van der Waals surface area contributed by atoms with Crippen molar-refractivity contribution in [3.8, 4) is 0 Å². The second-order valence-electron chi connectivity index (χ2n) is 6.65. The lowest BCUT2D eigenvalue weighted by atomic mass is 10.0. The van der Waals surface area contributed by atoms with Crippen molar-refractivity contribution in [3.63, 3.8) is 0 Å². The monoisotopic (exact) mass is 436 g/mol. The summed E-state index contributed by atoms with van der Waals surface area (Å²) in [6.45, 7) is 6.16. The summed E-state index contributed by atoms with van der Waals surface area (Å²) in [7, 11) is -3.69. The van der Waals surface area contributed by atoms with Crippen LogP contribution < -0.4 is 0 Å². The van der Waals surface area contributed by atoms with Crippen LogP contribution >= 0.6 is 7.14 Å². The first-order valence-corrected chi connectivity index (χ1v) is 11.0. The molecule has 12 heteroatoms. The Morgan fingerprint density at radius 1 is 0.655 bits per heavy atom. The molecule has 164 valence electrons. The standard InChI is InChI=1S/C17H25O11P/c1-8(18)24-7-13-14(25-9(2)19)15(26-10(3)20)16(27-11(4)21)17(28-12(5)22)29(13,6)23/h13-17H,7H2,1-6H3/t13-,14-,15+,16+,17+,29?/m1/s1. The van der Waals surface area contributed by atoms with Gasteiger partial charge in [-0.1, -0.05) is 0 Å². The first-order chi connectivity index (χ1) is 13.3. The molecule has 1 fully saturated rings. The zero-order valence-electron chi connectivity index (χ0n) is 17.0. The number of carbonyl (C=O) groups excluding carboxylic acids is 5.